The molecule has 1 atom stereocenters. The highest BCUT2D eigenvalue weighted by Crippen LogP contribution is 2.46. The summed E-state index contributed by atoms with van der Waals surface area (Å²) in [5.74, 6) is 0.270. The summed E-state index contributed by atoms with van der Waals surface area (Å²) in [5.41, 5.74) is 10.2. The van der Waals surface area contributed by atoms with Gasteiger partial charge in [0, 0.05) is 4.88 Å². The highest BCUT2D eigenvalue weighted by molar-refractivity contribution is 7.10. The molecule has 3 N–H and O–H groups in total. The Morgan fingerprint density at radius 1 is 1.29 bits per heavy atom. The van der Waals surface area contributed by atoms with Gasteiger partial charge in [-0.15, -0.1) is 16.4 Å². The molecule has 6 heteroatoms. The zero-order valence-corrected chi connectivity index (χ0v) is 13.7. The summed E-state index contributed by atoms with van der Waals surface area (Å²) >= 11 is 1.65. The van der Waals surface area contributed by atoms with Gasteiger partial charge < -0.3 is 10.5 Å². The summed E-state index contributed by atoms with van der Waals surface area (Å²) in [4.78, 5) is 1.15. The molecule has 0 bridgehead atoms. The van der Waals surface area contributed by atoms with E-state index in [2.05, 4.69) is 16.3 Å². The number of nitriles is 1. The summed E-state index contributed by atoms with van der Waals surface area (Å²) in [6.45, 7) is 2.04. The van der Waals surface area contributed by atoms with Crippen LogP contribution in [-0.4, -0.2) is 10.2 Å². The molecule has 0 saturated heterocycles. The second-order valence-electron chi connectivity index (χ2n) is 5.54. The Labute approximate surface area is 143 Å². The normalized spacial score (nSPS) is 16.4. The number of nitrogens with two attached hydrogens (primary N) is 1. The maximum atomic E-state index is 9.65. The number of ether oxygens (including phenoxy) is 1. The van der Waals surface area contributed by atoms with Gasteiger partial charge in [-0.05, 0) is 29.5 Å². The van der Waals surface area contributed by atoms with E-state index in [1.165, 1.54) is 0 Å². The molecule has 0 radical (unpaired) electrons. The molecule has 0 amide bonds. The molecule has 0 spiro atoms. The predicted octanol–water partition coefficient (Wildman–Crippen LogP) is 3.66. The zero-order valence-electron chi connectivity index (χ0n) is 12.9. The Balaban J connectivity index is 1.98. The van der Waals surface area contributed by atoms with E-state index in [0.717, 1.165) is 27.3 Å². The Hall–Kier alpha value is -3.04. The Bertz CT molecular complexity index is 978. The fourth-order valence-electron chi connectivity index (χ4n) is 3.08. The van der Waals surface area contributed by atoms with E-state index < -0.39 is 0 Å². The van der Waals surface area contributed by atoms with Gasteiger partial charge in [-0.1, -0.05) is 30.3 Å². The largest absolute Gasteiger partial charge is 0.420 e. The average Bonchev–Trinajstić information content (AvgIpc) is 3.20. The lowest BCUT2D eigenvalue weighted by Crippen LogP contribution is -2.21. The lowest BCUT2D eigenvalue weighted by molar-refractivity contribution is 0.379. The molecule has 1 aliphatic heterocycles. The first-order valence-electron chi connectivity index (χ1n) is 7.46. The second kappa shape index (κ2) is 5.55. The number of rotatable bonds is 2. The Kier molecular flexibility index (Phi) is 3.36. The van der Waals surface area contributed by atoms with E-state index in [9.17, 15) is 5.26 Å². The third-order valence-corrected chi connectivity index (χ3v) is 5.07. The van der Waals surface area contributed by atoms with Crippen molar-refractivity contribution in [1.29, 1.82) is 5.26 Å². The topological polar surface area (TPSA) is 87.7 Å². The highest BCUT2D eigenvalue weighted by atomic mass is 32.1. The molecule has 1 aliphatic rings. The third kappa shape index (κ3) is 2.10. The van der Waals surface area contributed by atoms with Crippen LogP contribution in [0.1, 0.15) is 21.9 Å². The van der Waals surface area contributed by atoms with Crippen LogP contribution in [0, 0.1) is 18.3 Å². The van der Waals surface area contributed by atoms with Gasteiger partial charge >= 0.3 is 0 Å². The molecule has 1 aromatic carbocycles. The maximum Gasteiger partial charge on any atom is 0.244 e. The smallest absolute Gasteiger partial charge is 0.244 e. The highest BCUT2D eigenvalue weighted by Gasteiger charge is 2.36. The van der Waals surface area contributed by atoms with Crippen LogP contribution in [0.15, 0.2) is 53.2 Å². The molecule has 24 heavy (non-hydrogen) atoms. The van der Waals surface area contributed by atoms with Crippen molar-refractivity contribution in [2.24, 2.45) is 5.73 Å². The number of H-pyrrole nitrogens is 1. The van der Waals surface area contributed by atoms with Crippen molar-refractivity contribution in [3.05, 3.63) is 69.2 Å². The van der Waals surface area contributed by atoms with Gasteiger partial charge in [0.2, 0.25) is 11.8 Å². The number of benzene rings is 1. The predicted molar refractivity (Wildman–Crippen MR) is 92.4 cm³/mol. The first-order valence-corrected chi connectivity index (χ1v) is 8.34. The molecule has 118 valence electrons. The van der Waals surface area contributed by atoms with Crippen molar-refractivity contribution in [3.63, 3.8) is 0 Å². The van der Waals surface area contributed by atoms with Gasteiger partial charge in [-0.2, -0.15) is 5.26 Å². The lowest BCUT2D eigenvalue weighted by Gasteiger charge is -2.24. The van der Waals surface area contributed by atoms with Gasteiger partial charge in [-0.3, -0.25) is 5.10 Å². The number of aromatic nitrogens is 2. The molecule has 0 aliphatic carbocycles. The molecule has 3 heterocycles. The summed E-state index contributed by atoms with van der Waals surface area (Å²) in [5, 5.41) is 19.0. The van der Waals surface area contributed by atoms with E-state index in [1.807, 2.05) is 48.7 Å². The number of hydrogen-bond acceptors (Lipinski definition) is 5. The van der Waals surface area contributed by atoms with Crippen LogP contribution < -0.4 is 10.5 Å². The van der Waals surface area contributed by atoms with Crippen molar-refractivity contribution in [3.8, 4) is 23.2 Å². The van der Waals surface area contributed by atoms with E-state index in [1.54, 1.807) is 11.3 Å². The van der Waals surface area contributed by atoms with Gasteiger partial charge in [0.1, 0.15) is 11.6 Å². The van der Waals surface area contributed by atoms with Crippen molar-refractivity contribution < 1.29 is 4.74 Å². The number of nitrogens with zero attached hydrogens (tertiary/aromatic N) is 2. The van der Waals surface area contributed by atoms with Crippen molar-refractivity contribution in [1.82, 2.24) is 10.2 Å². The number of aryl methyl sites for hydroxylation is 1. The molecule has 4 rings (SSSR count). The molecular weight excluding hydrogens is 320 g/mol. The zero-order chi connectivity index (χ0) is 16.7. The van der Waals surface area contributed by atoms with Crippen LogP contribution >= 0.6 is 11.3 Å². The quantitative estimate of drug-likeness (QED) is 0.748. The Morgan fingerprint density at radius 3 is 2.75 bits per heavy atom. The summed E-state index contributed by atoms with van der Waals surface area (Å²) in [6, 6.07) is 14.1. The van der Waals surface area contributed by atoms with Crippen LogP contribution in [0.2, 0.25) is 0 Å². The number of fused-ring (bicyclic) bond motifs is 1. The van der Waals surface area contributed by atoms with Crippen molar-refractivity contribution in [2.45, 2.75) is 12.8 Å². The fourth-order valence-corrected chi connectivity index (χ4v) is 3.82. The van der Waals surface area contributed by atoms with Gasteiger partial charge in [0.05, 0.1) is 17.2 Å². The van der Waals surface area contributed by atoms with Crippen molar-refractivity contribution >= 4 is 11.3 Å². The minimum Gasteiger partial charge on any atom is -0.420 e. The maximum absolute atomic E-state index is 9.65. The van der Waals surface area contributed by atoms with E-state index >= 15 is 0 Å². The second-order valence-corrected chi connectivity index (χ2v) is 6.66. The SMILES string of the molecule is Cc1sccc1[C@H]1C(C#N)=C(N)Oc2n[nH]c(-c3ccccc3)c21. The fraction of sp³-hybridized carbons (Fsp3) is 0.111. The van der Waals surface area contributed by atoms with E-state index in [0.29, 0.717) is 11.5 Å². The number of aromatic amines is 1. The molecule has 2 aromatic heterocycles. The van der Waals surface area contributed by atoms with Gasteiger partial charge in [-0.25, -0.2) is 0 Å². The number of allylic oxidation sites excluding steroid dienone is 1. The van der Waals surface area contributed by atoms with Gasteiger partial charge in [0.25, 0.3) is 0 Å². The molecule has 0 unspecified atom stereocenters. The molecule has 0 saturated carbocycles. The van der Waals surface area contributed by atoms with E-state index in [4.69, 9.17) is 10.5 Å². The molecule has 5 nitrogen and oxygen atoms in total. The summed E-state index contributed by atoms with van der Waals surface area (Å²) in [6.07, 6.45) is 0. The minimum absolute atomic E-state index is 0.117. The first kappa shape index (κ1) is 14.5. The summed E-state index contributed by atoms with van der Waals surface area (Å²) in [7, 11) is 0. The van der Waals surface area contributed by atoms with Gasteiger partial charge in [0.15, 0.2) is 0 Å². The number of hydrogen-bond donors (Lipinski definition) is 2. The van der Waals surface area contributed by atoms with Crippen LogP contribution in [0.3, 0.4) is 0 Å². The summed E-state index contributed by atoms with van der Waals surface area (Å²) < 4.78 is 5.60. The standard InChI is InChI=1S/C18H14N4OS/c1-10-12(7-8-24-10)14-13(9-19)17(20)23-18-15(14)16(21-22-18)11-5-3-2-4-6-11/h2-8,14H,20H2,1H3,(H,21,22)/t14-/m0/s1. The van der Waals surface area contributed by atoms with Crippen LogP contribution in [0.4, 0.5) is 0 Å². The Morgan fingerprint density at radius 2 is 2.08 bits per heavy atom. The number of thiophene rings is 1. The first-order chi connectivity index (χ1) is 11.7. The van der Waals surface area contributed by atoms with Crippen LogP contribution in [0.5, 0.6) is 5.88 Å². The molecular formula is C18H14N4OS. The minimum atomic E-state index is -0.279. The average molecular weight is 334 g/mol. The van der Waals surface area contributed by atoms with Crippen molar-refractivity contribution in [2.75, 3.05) is 0 Å². The lowest BCUT2D eigenvalue weighted by atomic mass is 9.83. The monoisotopic (exact) mass is 334 g/mol. The molecule has 3 aromatic rings. The van der Waals surface area contributed by atoms with Crippen LogP contribution in [0.25, 0.3) is 11.3 Å². The molecule has 0 fully saturated rings. The van der Waals surface area contributed by atoms with E-state index in [-0.39, 0.29) is 11.8 Å². The number of nitrogens with one attached hydrogen (secondary N) is 1. The third-order valence-electron chi connectivity index (χ3n) is 4.21. The van der Waals surface area contributed by atoms with Crippen LogP contribution in [-0.2, 0) is 0 Å².